The number of nitrogens with zero attached hydrogens (tertiary/aromatic N) is 3. The molecule has 0 saturated carbocycles. The summed E-state index contributed by atoms with van der Waals surface area (Å²) in [6.07, 6.45) is 0. The predicted octanol–water partition coefficient (Wildman–Crippen LogP) is 12.7. The lowest BCUT2D eigenvalue weighted by Gasteiger charge is -2.23. The van der Waals surface area contributed by atoms with Crippen molar-refractivity contribution in [1.29, 1.82) is 5.26 Å². The van der Waals surface area contributed by atoms with Crippen LogP contribution in [0.1, 0.15) is 30.5 Å². The Morgan fingerprint density at radius 2 is 0.925 bits per heavy atom. The van der Waals surface area contributed by atoms with E-state index >= 15 is 0 Å². The maximum absolute atomic E-state index is 9.51. The highest BCUT2D eigenvalue weighted by Gasteiger charge is 2.38. The van der Waals surface area contributed by atoms with Gasteiger partial charge in [0.05, 0.1) is 23.0 Å². The second-order valence-corrected chi connectivity index (χ2v) is 14.1. The van der Waals surface area contributed by atoms with E-state index < -0.39 is 0 Å². The van der Waals surface area contributed by atoms with Gasteiger partial charge in [0, 0.05) is 22.1 Å². The third-order valence-corrected chi connectivity index (χ3v) is 10.6. The van der Waals surface area contributed by atoms with Crippen LogP contribution in [-0.2, 0) is 5.41 Å². The van der Waals surface area contributed by atoms with Crippen molar-refractivity contribution >= 4 is 0 Å². The van der Waals surface area contributed by atoms with Crippen LogP contribution in [0.5, 0.6) is 0 Å². The topological polar surface area (TPSA) is 49.6 Å². The molecular weight excluding hydrogens is 643 g/mol. The molecule has 0 bridgehead atoms. The first-order chi connectivity index (χ1) is 26.0. The van der Waals surface area contributed by atoms with Gasteiger partial charge in [-0.25, -0.2) is 9.97 Å². The van der Waals surface area contributed by atoms with E-state index in [4.69, 9.17) is 9.97 Å². The Morgan fingerprint density at radius 1 is 0.415 bits per heavy atom. The van der Waals surface area contributed by atoms with Crippen molar-refractivity contribution in [3.63, 3.8) is 0 Å². The second kappa shape index (κ2) is 13.0. The zero-order valence-corrected chi connectivity index (χ0v) is 29.6. The minimum atomic E-state index is -0.146. The molecule has 0 fully saturated rings. The van der Waals surface area contributed by atoms with E-state index in [0.717, 1.165) is 50.3 Å². The summed E-state index contributed by atoms with van der Waals surface area (Å²) in [5.41, 5.74) is 17.4. The quantitative estimate of drug-likeness (QED) is 0.176. The van der Waals surface area contributed by atoms with Gasteiger partial charge in [0.1, 0.15) is 0 Å². The summed E-state index contributed by atoms with van der Waals surface area (Å²) in [4.78, 5) is 10.1. The molecule has 8 aromatic rings. The van der Waals surface area contributed by atoms with Crippen LogP contribution >= 0.6 is 0 Å². The molecule has 0 radical (unpaired) electrons. The first kappa shape index (κ1) is 32.0. The van der Waals surface area contributed by atoms with Crippen LogP contribution in [0.25, 0.3) is 78.4 Å². The maximum Gasteiger partial charge on any atom is 0.160 e. The molecule has 0 amide bonds. The third-order valence-electron chi connectivity index (χ3n) is 10.6. The highest BCUT2D eigenvalue weighted by molar-refractivity contribution is 6.03. The fourth-order valence-electron chi connectivity index (χ4n) is 7.88. The zero-order valence-electron chi connectivity index (χ0n) is 29.6. The predicted molar refractivity (Wildman–Crippen MR) is 217 cm³/mol. The molecule has 1 aliphatic carbocycles. The van der Waals surface area contributed by atoms with Crippen molar-refractivity contribution in [3.05, 3.63) is 193 Å². The van der Waals surface area contributed by atoms with Gasteiger partial charge in [0.15, 0.2) is 5.82 Å². The molecule has 3 nitrogen and oxygen atoms in total. The highest BCUT2D eigenvalue weighted by atomic mass is 14.9. The lowest BCUT2D eigenvalue weighted by atomic mass is 9.79. The van der Waals surface area contributed by atoms with Crippen LogP contribution in [0.2, 0.25) is 0 Å². The summed E-state index contributed by atoms with van der Waals surface area (Å²) in [6.45, 7) is 4.66. The minimum absolute atomic E-state index is 0.146. The van der Waals surface area contributed by atoms with E-state index in [1.165, 1.54) is 33.4 Å². The van der Waals surface area contributed by atoms with Gasteiger partial charge in [-0.1, -0.05) is 172 Å². The summed E-state index contributed by atoms with van der Waals surface area (Å²) < 4.78 is 0. The summed E-state index contributed by atoms with van der Waals surface area (Å²) >= 11 is 0. The molecule has 53 heavy (non-hydrogen) atoms. The molecule has 3 heteroatoms. The van der Waals surface area contributed by atoms with Crippen molar-refractivity contribution < 1.29 is 0 Å². The Bertz CT molecular complexity index is 2610. The van der Waals surface area contributed by atoms with Crippen LogP contribution in [0.3, 0.4) is 0 Å². The SMILES string of the molecule is CC1(C)c2ccccc2-c2c1ccc(-c1ccc(-c3cc(-c4ccccc4)nc(-c4ccccc4)n3)cc1)c2-c1ccccc1-c1ccc(C#N)cc1. The van der Waals surface area contributed by atoms with Gasteiger partial charge in [-0.3, -0.25) is 0 Å². The molecule has 1 heterocycles. The molecule has 0 atom stereocenters. The summed E-state index contributed by atoms with van der Waals surface area (Å²) in [6, 6.07) is 63.7. The van der Waals surface area contributed by atoms with E-state index in [-0.39, 0.29) is 5.41 Å². The molecule has 9 rings (SSSR count). The molecule has 0 aliphatic heterocycles. The highest BCUT2D eigenvalue weighted by Crippen LogP contribution is 2.55. The maximum atomic E-state index is 9.51. The van der Waals surface area contributed by atoms with Crippen molar-refractivity contribution in [1.82, 2.24) is 9.97 Å². The molecule has 0 saturated heterocycles. The van der Waals surface area contributed by atoms with E-state index in [1.807, 2.05) is 48.5 Å². The van der Waals surface area contributed by atoms with E-state index in [2.05, 4.69) is 147 Å². The lowest BCUT2D eigenvalue weighted by Crippen LogP contribution is -2.14. The molecule has 250 valence electrons. The van der Waals surface area contributed by atoms with Crippen LogP contribution in [0.15, 0.2) is 176 Å². The molecule has 0 N–H and O–H groups in total. The Kier molecular flexibility index (Phi) is 7.87. The normalized spacial score (nSPS) is 12.5. The number of rotatable bonds is 6. The monoisotopic (exact) mass is 677 g/mol. The molecule has 1 aromatic heterocycles. The largest absolute Gasteiger partial charge is 0.228 e. The van der Waals surface area contributed by atoms with Crippen LogP contribution in [-0.4, -0.2) is 9.97 Å². The number of nitriles is 1. The number of hydrogen-bond donors (Lipinski definition) is 0. The van der Waals surface area contributed by atoms with E-state index in [9.17, 15) is 5.26 Å². The van der Waals surface area contributed by atoms with Crippen LogP contribution in [0, 0.1) is 11.3 Å². The van der Waals surface area contributed by atoms with Crippen molar-refractivity contribution in [2.75, 3.05) is 0 Å². The fraction of sp³-hybridized carbons (Fsp3) is 0.0600. The van der Waals surface area contributed by atoms with Crippen LogP contribution in [0.4, 0.5) is 0 Å². The number of benzene rings is 7. The average Bonchev–Trinajstić information content (AvgIpc) is 3.47. The lowest BCUT2D eigenvalue weighted by molar-refractivity contribution is 0.660. The van der Waals surface area contributed by atoms with Crippen molar-refractivity contribution in [2.45, 2.75) is 19.3 Å². The Hall–Kier alpha value is -6.89. The number of hydrogen-bond acceptors (Lipinski definition) is 3. The van der Waals surface area contributed by atoms with Gasteiger partial charge in [-0.2, -0.15) is 5.26 Å². The van der Waals surface area contributed by atoms with Crippen LogP contribution < -0.4 is 0 Å². The standard InChI is InChI=1S/C50H35N3/c1-50(2)43-20-12-11-19-42(43)48-44(50)30-29-40(47(48)41-18-10-9-17-39(41)34-23-21-33(32-51)22-24-34)35-25-27-37(28-26-35)46-31-45(36-13-5-3-6-14-36)52-49(53-46)38-15-7-4-8-16-38/h3-31H,1-2H3. The number of aromatic nitrogens is 2. The van der Waals surface area contributed by atoms with Crippen molar-refractivity contribution in [3.8, 4) is 84.5 Å². The first-order valence-corrected chi connectivity index (χ1v) is 18.0. The minimum Gasteiger partial charge on any atom is -0.228 e. The molecule has 0 unspecified atom stereocenters. The Labute approximate surface area is 310 Å². The first-order valence-electron chi connectivity index (χ1n) is 18.0. The smallest absolute Gasteiger partial charge is 0.160 e. The van der Waals surface area contributed by atoms with Gasteiger partial charge in [0.2, 0.25) is 0 Å². The molecule has 1 aliphatic rings. The summed E-state index contributed by atoms with van der Waals surface area (Å²) in [7, 11) is 0. The fourth-order valence-corrected chi connectivity index (χ4v) is 7.88. The number of fused-ring (bicyclic) bond motifs is 3. The second-order valence-electron chi connectivity index (χ2n) is 14.1. The van der Waals surface area contributed by atoms with Gasteiger partial charge in [-0.05, 0) is 73.8 Å². The van der Waals surface area contributed by atoms with E-state index in [0.29, 0.717) is 11.4 Å². The van der Waals surface area contributed by atoms with Gasteiger partial charge in [-0.15, -0.1) is 0 Å². The molecule has 0 spiro atoms. The molecular formula is C50H35N3. The van der Waals surface area contributed by atoms with Crippen molar-refractivity contribution in [2.24, 2.45) is 0 Å². The molecule has 7 aromatic carbocycles. The Morgan fingerprint density at radius 3 is 1.58 bits per heavy atom. The van der Waals surface area contributed by atoms with Gasteiger partial charge < -0.3 is 0 Å². The zero-order chi connectivity index (χ0) is 35.9. The van der Waals surface area contributed by atoms with Gasteiger partial charge in [0.25, 0.3) is 0 Å². The summed E-state index contributed by atoms with van der Waals surface area (Å²) in [5, 5.41) is 9.51. The summed E-state index contributed by atoms with van der Waals surface area (Å²) in [5.74, 6) is 0.702. The van der Waals surface area contributed by atoms with E-state index in [1.54, 1.807) is 0 Å². The van der Waals surface area contributed by atoms with Gasteiger partial charge >= 0.3 is 0 Å². The third kappa shape index (κ3) is 5.62. The Balaban J connectivity index is 1.23. The average molecular weight is 678 g/mol.